The molecule has 0 atom stereocenters. The molecule has 2 aromatic heterocycles. The Morgan fingerprint density at radius 3 is 2.49 bits per heavy atom. The molecule has 3 N–H and O–H groups in total. The molecule has 184 valence electrons. The van der Waals surface area contributed by atoms with E-state index in [-0.39, 0.29) is 11.9 Å². The van der Waals surface area contributed by atoms with Crippen molar-refractivity contribution in [2.45, 2.75) is 18.9 Å². The Labute approximate surface area is 204 Å². The van der Waals surface area contributed by atoms with Gasteiger partial charge in [-0.2, -0.15) is 0 Å². The van der Waals surface area contributed by atoms with Gasteiger partial charge in [-0.15, -0.1) is 0 Å². The van der Waals surface area contributed by atoms with Gasteiger partial charge in [-0.25, -0.2) is 14.4 Å². The zero-order valence-corrected chi connectivity index (χ0v) is 19.6. The van der Waals surface area contributed by atoms with Crippen LogP contribution in [0.2, 0.25) is 0 Å². The molecule has 0 bridgehead atoms. The van der Waals surface area contributed by atoms with E-state index < -0.39 is 0 Å². The molecule has 9 heteroatoms. The topological polar surface area (TPSA) is 101 Å². The molecular formula is C26H31FN6O2. The predicted molar refractivity (Wildman–Crippen MR) is 135 cm³/mol. The molecule has 0 unspecified atom stereocenters. The van der Waals surface area contributed by atoms with Crippen LogP contribution in [0.3, 0.4) is 0 Å². The number of piperidine rings is 1. The highest BCUT2D eigenvalue weighted by Gasteiger charge is 2.18. The number of nitrogens with zero attached hydrogens (tertiary/aromatic N) is 4. The second kappa shape index (κ2) is 12.2. The summed E-state index contributed by atoms with van der Waals surface area (Å²) < 4.78 is 17.2. The van der Waals surface area contributed by atoms with Gasteiger partial charge in [0.25, 0.3) is 0 Å². The zero-order chi connectivity index (χ0) is 24.5. The van der Waals surface area contributed by atoms with E-state index in [1.54, 1.807) is 30.5 Å². The fourth-order valence-corrected chi connectivity index (χ4v) is 3.88. The smallest absolute Gasteiger partial charge is 0.130 e. The summed E-state index contributed by atoms with van der Waals surface area (Å²) in [5.74, 6) is 1.91. The minimum Gasteiger partial charge on any atom is -0.393 e. The molecule has 1 aromatic carbocycles. The number of nitrogens with one attached hydrogen (secondary N) is 2. The number of anilines is 1. The molecule has 5 rings (SSSR count). The van der Waals surface area contributed by atoms with Crippen molar-refractivity contribution in [3.63, 3.8) is 0 Å². The molecule has 2 aliphatic rings. The maximum Gasteiger partial charge on any atom is 0.130 e. The van der Waals surface area contributed by atoms with Crippen molar-refractivity contribution >= 4 is 17.7 Å². The minimum atomic E-state index is -0.197. The first-order valence-corrected chi connectivity index (χ1v) is 11.8. The lowest BCUT2D eigenvalue weighted by atomic mass is 10.1. The van der Waals surface area contributed by atoms with E-state index in [0.29, 0.717) is 24.9 Å². The Balaban J connectivity index is 0.000000356. The van der Waals surface area contributed by atoms with Crippen molar-refractivity contribution < 1.29 is 14.2 Å². The van der Waals surface area contributed by atoms with E-state index in [0.717, 1.165) is 56.2 Å². The molecule has 0 saturated carbocycles. The first kappa shape index (κ1) is 24.6. The van der Waals surface area contributed by atoms with Crippen LogP contribution >= 0.6 is 0 Å². The van der Waals surface area contributed by atoms with Gasteiger partial charge in [0.15, 0.2) is 0 Å². The second-order valence-electron chi connectivity index (χ2n) is 8.39. The number of hydrogen-bond donors (Lipinski definition) is 3. The van der Waals surface area contributed by atoms with E-state index in [9.17, 15) is 9.50 Å². The monoisotopic (exact) mass is 478 g/mol. The number of aliphatic hydroxyl groups excluding tert-OH is 1. The first-order chi connectivity index (χ1) is 17.1. The van der Waals surface area contributed by atoms with Crippen LogP contribution in [0.4, 0.5) is 10.2 Å². The van der Waals surface area contributed by atoms with E-state index in [1.165, 1.54) is 12.1 Å². The Kier molecular flexibility index (Phi) is 8.58. The van der Waals surface area contributed by atoms with Crippen LogP contribution in [-0.4, -0.2) is 76.3 Å². The molecule has 0 amide bonds. The predicted octanol–water partition coefficient (Wildman–Crippen LogP) is 3.58. The normalized spacial score (nSPS) is 16.7. The second-order valence-corrected chi connectivity index (χ2v) is 8.39. The number of benzene rings is 1. The number of hydrogen-bond acceptors (Lipinski definition) is 6. The number of aromatic nitrogens is 3. The maximum atomic E-state index is 11.9. The Hall–Kier alpha value is -3.56. The largest absolute Gasteiger partial charge is 0.393 e. The van der Waals surface area contributed by atoms with Crippen LogP contribution in [0.15, 0.2) is 60.8 Å². The highest BCUT2D eigenvalue weighted by molar-refractivity contribution is 5.93. The summed E-state index contributed by atoms with van der Waals surface area (Å²) in [5.41, 5.74) is 1.68. The summed E-state index contributed by atoms with van der Waals surface area (Å²) in [6.07, 6.45) is 6.70. The molecule has 0 radical (unpaired) electrons. The van der Waals surface area contributed by atoms with Gasteiger partial charge in [0, 0.05) is 26.2 Å². The summed E-state index contributed by atoms with van der Waals surface area (Å²) in [6, 6.07) is 13.9. The van der Waals surface area contributed by atoms with Crippen LogP contribution in [0.25, 0.3) is 17.5 Å². The minimum absolute atomic E-state index is 0.178. The van der Waals surface area contributed by atoms with Crippen LogP contribution in [-0.2, 0) is 4.74 Å². The van der Waals surface area contributed by atoms with Crippen molar-refractivity contribution in [2.24, 2.45) is 0 Å². The number of pyridine rings is 1. The van der Waals surface area contributed by atoms with Crippen LogP contribution in [0.1, 0.15) is 18.7 Å². The number of rotatable bonds is 4. The molecule has 0 aliphatic carbocycles. The highest BCUT2D eigenvalue weighted by Crippen LogP contribution is 2.22. The summed E-state index contributed by atoms with van der Waals surface area (Å²) in [4.78, 5) is 16.6. The van der Waals surface area contributed by atoms with Crippen molar-refractivity contribution in [3.8, 4) is 11.4 Å². The molecule has 2 fully saturated rings. The van der Waals surface area contributed by atoms with Crippen LogP contribution < -0.4 is 4.90 Å². The van der Waals surface area contributed by atoms with E-state index in [2.05, 4.69) is 14.9 Å². The quantitative estimate of drug-likeness (QED) is 0.391. The van der Waals surface area contributed by atoms with Gasteiger partial charge in [0.2, 0.25) is 0 Å². The number of morpholine rings is 1. The molecule has 4 heterocycles. The number of halogens is 1. The number of H-pyrrole nitrogens is 1. The molecular weight excluding hydrogens is 447 g/mol. The molecule has 8 nitrogen and oxygen atoms in total. The molecule has 2 saturated heterocycles. The Morgan fingerprint density at radius 1 is 1.06 bits per heavy atom. The van der Waals surface area contributed by atoms with Crippen molar-refractivity contribution in [1.82, 2.24) is 19.9 Å². The maximum absolute atomic E-state index is 11.9. The van der Waals surface area contributed by atoms with Gasteiger partial charge >= 0.3 is 0 Å². The summed E-state index contributed by atoms with van der Waals surface area (Å²) in [5, 5.41) is 17.9. The van der Waals surface area contributed by atoms with Gasteiger partial charge in [-0.3, -0.25) is 5.41 Å². The summed E-state index contributed by atoms with van der Waals surface area (Å²) in [6.45, 7) is 4.46. The summed E-state index contributed by atoms with van der Waals surface area (Å²) >= 11 is 0. The molecule has 2 aliphatic heterocycles. The highest BCUT2D eigenvalue weighted by atomic mass is 19.1. The molecule has 3 aromatic rings. The lowest BCUT2D eigenvalue weighted by Gasteiger charge is -2.30. The number of imidazole rings is 1. The fraction of sp³-hybridized carbons (Fsp3) is 0.346. The van der Waals surface area contributed by atoms with Crippen LogP contribution in [0, 0.1) is 11.2 Å². The average Bonchev–Trinajstić information content (AvgIpc) is 3.38. The van der Waals surface area contributed by atoms with E-state index in [1.807, 2.05) is 29.2 Å². The third-order valence-electron chi connectivity index (χ3n) is 5.88. The SMILES string of the molecule is Fc1ccccc1.N=C(/C=C\c1ncc(-c2cccc(N3CCC(O)CC3)n2)[nH]1)N1CCOCC1. The van der Waals surface area contributed by atoms with Crippen molar-refractivity contribution in [3.05, 3.63) is 72.4 Å². The van der Waals surface area contributed by atoms with Gasteiger partial charge in [0.1, 0.15) is 23.3 Å². The van der Waals surface area contributed by atoms with E-state index >= 15 is 0 Å². The zero-order valence-electron chi connectivity index (χ0n) is 19.6. The Bertz CT molecular complexity index is 1110. The third-order valence-corrected chi connectivity index (χ3v) is 5.88. The van der Waals surface area contributed by atoms with Gasteiger partial charge in [0.05, 0.1) is 36.9 Å². The van der Waals surface area contributed by atoms with Gasteiger partial charge < -0.3 is 24.6 Å². The molecule has 0 spiro atoms. The third kappa shape index (κ3) is 7.21. The Morgan fingerprint density at radius 2 is 1.80 bits per heavy atom. The number of aliphatic hydroxyl groups is 1. The number of ether oxygens (including phenoxy) is 1. The number of amidine groups is 1. The standard InChI is InChI=1S/C20H26N6O2.C6H5F/c21-18(25-10-12-28-13-11-25)4-5-19-22-14-17(23-19)16-2-1-3-20(24-16)26-8-6-15(27)7-9-26;7-6-4-2-1-3-5-6/h1-5,14-15,21,27H,6-13H2,(H,22,23);1-5H/b5-4-,21-18?;. The fourth-order valence-electron chi connectivity index (χ4n) is 3.88. The first-order valence-electron chi connectivity index (χ1n) is 11.8. The number of aromatic amines is 1. The lowest BCUT2D eigenvalue weighted by molar-refractivity contribution is 0.0681. The average molecular weight is 479 g/mol. The van der Waals surface area contributed by atoms with E-state index in [4.69, 9.17) is 15.1 Å². The lowest BCUT2D eigenvalue weighted by Crippen LogP contribution is -2.39. The van der Waals surface area contributed by atoms with Crippen molar-refractivity contribution in [1.29, 1.82) is 5.41 Å². The van der Waals surface area contributed by atoms with Crippen molar-refractivity contribution in [2.75, 3.05) is 44.3 Å². The van der Waals surface area contributed by atoms with Gasteiger partial charge in [-0.1, -0.05) is 24.3 Å². The van der Waals surface area contributed by atoms with Crippen LogP contribution in [0.5, 0.6) is 0 Å². The summed E-state index contributed by atoms with van der Waals surface area (Å²) in [7, 11) is 0. The molecule has 35 heavy (non-hydrogen) atoms. The van der Waals surface area contributed by atoms with Gasteiger partial charge in [-0.05, 0) is 49.3 Å².